The molecular weight excluding hydrogens is 456 g/mol. The average molecular weight is 487 g/mol. The highest BCUT2D eigenvalue weighted by molar-refractivity contribution is 7.89. The number of amides is 1. The molecule has 1 aliphatic heterocycles. The van der Waals surface area contributed by atoms with Gasteiger partial charge in [-0.15, -0.1) is 11.3 Å². The van der Waals surface area contributed by atoms with Gasteiger partial charge in [0.1, 0.15) is 0 Å². The van der Waals surface area contributed by atoms with Crippen LogP contribution in [0.25, 0.3) is 10.2 Å². The van der Waals surface area contributed by atoms with Gasteiger partial charge in [-0.05, 0) is 56.3 Å². The van der Waals surface area contributed by atoms with Crippen LogP contribution in [0.1, 0.15) is 37.6 Å². The number of thiazole rings is 1. The number of rotatable bonds is 8. The second-order valence-electron chi connectivity index (χ2n) is 8.24. The van der Waals surface area contributed by atoms with Crippen LogP contribution in [-0.4, -0.2) is 61.2 Å². The Morgan fingerprint density at radius 2 is 1.85 bits per heavy atom. The van der Waals surface area contributed by atoms with Gasteiger partial charge >= 0.3 is 0 Å². The molecule has 1 amide bonds. The maximum absolute atomic E-state index is 12.8. The molecule has 0 spiro atoms. The molecule has 0 atom stereocenters. The molecule has 0 bridgehead atoms. The molecule has 0 aliphatic carbocycles. The summed E-state index contributed by atoms with van der Waals surface area (Å²) in [5.74, 6) is 0.300. The number of nitrogens with one attached hydrogen (secondary N) is 1. The Balaban J connectivity index is 1.33. The Kier molecular flexibility index (Phi) is 7.43. The lowest BCUT2D eigenvalue weighted by molar-refractivity contribution is -0.117. The van der Waals surface area contributed by atoms with Crippen LogP contribution >= 0.6 is 11.3 Å². The largest absolute Gasteiger partial charge is 0.325 e. The summed E-state index contributed by atoms with van der Waals surface area (Å²) >= 11 is 1.77. The summed E-state index contributed by atoms with van der Waals surface area (Å²) in [6.07, 6.45) is 1.95. The topological polar surface area (TPSA) is 82.6 Å². The zero-order chi connectivity index (χ0) is 23.4. The molecule has 2 aromatic carbocycles. The minimum absolute atomic E-state index is 0.133. The summed E-state index contributed by atoms with van der Waals surface area (Å²) in [7, 11) is -3.56. The fraction of sp³-hybridized carbons (Fsp3) is 0.417. The number of likely N-dealkylation sites (tertiary alicyclic amines) is 1. The maximum Gasteiger partial charge on any atom is 0.243 e. The molecule has 2 heterocycles. The first kappa shape index (κ1) is 23.8. The molecule has 1 aromatic heterocycles. The minimum Gasteiger partial charge on any atom is -0.325 e. The van der Waals surface area contributed by atoms with Crippen LogP contribution in [-0.2, 0) is 14.8 Å². The van der Waals surface area contributed by atoms with Crippen molar-refractivity contribution in [1.29, 1.82) is 0 Å². The number of hydrogen-bond donors (Lipinski definition) is 1. The van der Waals surface area contributed by atoms with E-state index in [1.165, 1.54) is 20.1 Å². The molecule has 33 heavy (non-hydrogen) atoms. The van der Waals surface area contributed by atoms with Gasteiger partial charge in [-0.3, -0.25) is 9.69 Å². The Hall–Kier alpha value is -2.33. The normalized spacial score (nSPS) is 15.8. The van der Waals surface area contributed by atoms with Crippen LogP contribution in [0.4, 0.5) is 5.69 Å². The van der Waals surface area contributed by atoms with Gasteiger partial charge < -0.3 is 5.32 Å². The third-order valence-corrected chi connectivity index (χ3v) is 9.32. The van der Waals surface area contributed by atoms with E-state index in [0.717, 1.165) is 31.4 Å². The number of fused-ring (bicyclic) bond motifs is 1. The van der Waals surface area contributed by atoms with Crippen LogP contribution < -0.4 is 5.32 Å². The van der Waals surface area contributed by atoms with Crippen LogP contribution in [0.2, 0.25) is 0 Å². The van der Waals surface area contributed by atoms with E-state index in [9.17, 15) is 13.2 Å². The molecular formula is C24H30N4O3S2. The number of benzene rings is 2. The van der Waals surface area contributed by atoms with Crippen molar-refractivity contribution in [3.05, 3.63) is 53.5 Å². The third kappa shape index (κ3) is 5.43. The minimum atomic E-state index is -3.56. The van der Waals surface area contributed by atoms with Crippen LogP contribution in [0.3, 0.4) is 0 Å². The SMILES string of the molecule is CCN(CC)S(=O)(=O)c1cccc(NC(=O)CN2CCC(c3nc4ccccc4s3)CC2)c1. The van der Waals surface area contributed by atoms with Gasteiger partial charge in [0.25, 0.3) is 0 Å². The lowest BCUT2D eigenvalue weighted by atomic mass is 9.97. The molecule has 0 saturated carbocycles. The van der Waals surface area contributed by atoms with Crippen molar-refractivity contribution in [2.75, 3.05) is 38.0 Å². The Morgan fingerprint density at radius 3 is 2.55 bits per heavy atom. The Bertz CT molecular complexity index is 1180. The molecule has 0 unspecified atom stereocenters. The van der Waals surface area contributed by atoms with E-state index in [4.69, 9.17) is 4.98 Å². The molecule has 176 valence electrons. The number of nitrogens with zero attached hydrogens (tertiary/aromatic N) is 3. The first-order chi connectivity index (χ1) is 15.9. The molecule has 1 saturated heterocycles. The van der Waals surface area contributed by atoms with E-state index in [1.54, 1.807) is 29.5 Å². The lowest BCUT2D eigenvalue weighted by Gasteiger charge is -2.30. The van der Waals surface area contributed by atoms with Gasteiger partial charge in [0.15, 0.2) is 0 Å². The molecule has 0 radical (unpaired) electrons. The van der Waals surface area contributed by atoms with Gasteiger partial charge in [-0.2, -0.15) is 4.31 Å². The maximum atomic E-state index is 12.8. The van der Waals surface area contributed by atoms with Crippen LogP contribution in [0.5, 0.6) is 0 Å². The van der Waals surface area contributed by atoms with Crippen LogP contribution in [0, 0.1) is 0 Å². The molecule has 3 aromatic rings. The Labute approximate surface area is 199 Å². The van der Waals surface area contributed by atoms with Gasteiger partial charge in [-0.1, -0.05) is 32.0 Å². The predicted octanol–water partition coefficient (Wildman–Crippen LogP) is 4.14. The second-order valence-corrected chi connectivity index (χ2v) is 11.2. The van der Waals surface area contributed by atoms with Crippen molar-refractivity contribution >= 4 is 43.2 Å². The number of piperidine rings is 1. The third-order valence-electron chi connectivity index (χ3n) is 6.08. The van der Waals surface area contributed by atoms with E-state index in [1.807, 2.05) is 26.0 Å². The van der Waals surface area contributed by atoms with Crippen LogP contribution in [0.15, 0.2) is 53.4 Å². The first-order valence-electron chi connectivity index (χ1n) is 11.4. The monoisotopic (exact) mass is 486 g/mol. The summed E-state index contributed by atoms with van der Waals surface area (Å²) in [6.45, 7) is 6.40. The summed E-state index contributed by atoms with van der Waals surface area (Å²) < 4.78 is 28.1. The average Bonchev–Trinajstić information content (AvgIpc) is 3.24. The summed E-state index contributed by atoms with van der Waals surface area (Å²) in [6, 6.07) is 14.7. The van der Waals surface area contributed by atoms with Crippen molar-refractivity contribution in [2.45, 2.75) is 37.5 Å². The highest BCUT2D eigenvalue weighted by Gasteiger charge is 2.25. The smallest absolute Gasteiger partial charge is 0.243 e. The summed E-state index contributed by atoms with van der Waals surface area (Å²) in [5, 5.41) is 4.05. The van der Waals surface area contributed by atoms with E-state index in [-0.39, 0.29) is 10.8 Å². The predicted molar refractivity (Wildman–Crippen MR) is 133 cm³/mol. The van der Waals surface area contributed by atoms with Crippen molar-refractivity contribution < 1.29 is 13.2 Å². The molecule has 9 heteroatoms. The zero-order valence-corrected chi connectivity index (χ0v) is 20.7. The number of carbonyl (C=O) groups is 1. The van der Waals surface area contributed by atoms with E-state index < -0.39 is 10.0 Å². The van der Waals surface area contributed by atoms with Gasteiger partial charge in [-0.25, -0.2) is 13.4 Å². The Morgan fingerprint density at radius 1 is 1.12 bits per heavy atom. The number of hydrogen-bond acceptors (Lipinski definition) is 6. The fourth-order valence-electron chi connectivity index (χ4n) is 4.25. The number of carbonyl (C=O) groups excluding carboxylic acids is 1. The fourth-order valence-corrected chi connectivity index (χ4v) is 6.89. The van der Waals surface area contributed by atoms with E-state index in [2.05, 4.69) is 22.3 Å². The lowest BCUT2D eigenvalue weighted by Crippen LogP contribution is -2.38. The van der Waals surface area contributed by atoms with Crippen molar-refractivity contribution in [1.82, 2.24) is 14.2 Å². The first-order valence-corrected chi connectivity index (χ1v) is 13.6. The molecule has 1 N–H and O–H groups in total. The van der Waals surface area contributed by atoms with Crippen molar-refractivity contribution in [3.8, 4) is 0 Å². The standard InChI is InChI=1S/C24H30N4O3S2/c1-3-28(4-2)33(30,31)20-9-7-8-19(16-20)25-23(29)17-27-14-12-18(13-15-27)24-26-21-10-5-6-11-22(21)32-24/h5-11,16,18H,3-4,12-15,17H2,1-2H3,(H,25,29). The molecule has 1 aliphatic rings. The van der Waals surface area contributed by atoms with Gasteiger partial charge in [0.2, 0.25) is 15.9 Å². The summed E-state index contributed by atoms with van der Waals surface area (Å²) in [5.41, 5.74) is 1.56. The number of para-hydroxylation sites is 1. The summed E-state index contributed by atoms with van der Waals surface area (Å²) in [4.78, 5) is 19.8. The highest BCUT2D eigenvalue weighted by Crippen LogP contribution is 2.33. The molecule has 4 rings (SSSR count). The van der Waals surface area contributed by atoms with Gasteiger partial charge in [0, 0.05) is 24.7 Å². The zero-order valence-electron chi connectivity index (χ0n) is 19.0. The van der Waals surface area contributed by atoms with E-state index >= 15 is 0 Å². The van der Waals surface area contributed by atoms with Crippen molar-refractivity contribution in [2.24, 2.45) is 0 Å². The highest BCUT2D eigenvalue weighted by atomic mass is 32.2. The van der Waals surface area contributed by atoms with Crippen molar-refractivity contribution in [3.63, 3.8) is 0 Å². The quantitative estimate of drug-likeness (QED) is 0.517. The van der Waals surface area contributed by atoms with E-state index in [0.29, 0.717) is 31.2 Å². The number of aromatic nitrogens is 1. The molecule has 1 fully saturated rings. The van der Waals surface area contributed by atoms with Gasteiger partial charge in [0.05, 0.1) is 26.7 Å². The second kappa shape index (κ2) is 10.3. The number of anilines is 1. The number of sulfonamides is 1. The molecule has 7 nitrogen and oxygen atoms in total.